The molecule has 162 valence electrons. The van der Waals surface area contributed by atoms with E-state index in [0.717, 1.165) is 48.1 Å². The molecular formula is C24H34N3O2P. The summed E-state index contributed by atoms with van der Waals surface area (Å²) < 4.78 is 5.39. The maximum absolute atomic E-state index is 11.4. The van der Waals surface area contributed by atoms with Crippen LogP contribution in [0, 0.1) is 6.92 Å². The number of ether oxygens (including phenoxy) is 1. The van der Waals surface area contributed by atoms with Crippen molar-refractivity contribution in [2.24, 2.45) is 0 Å². The molecular weight excluding hydrogens is 393 g/mol. The summed E-state index contributed by atoms with van der Waals surface area (Å²) in [5.74, 6) is 1.12. The Morgan fingerprint density at radius 1 is 1.23 bits per heavy atom. The van der Waals surface area contributed by atoms with Crippen molar-refractivity contribution in [1.29, 1.82) is 0 Å². The molecule has 0 N–H and O–H groups in total. The number of methoxy groups -OCH3 is 1. The molecule has 0 spiro atoms. The minimum atomic E-state index is 0.257. The van der Waals surface area contributed by atoms with Gasteiger partial charge in [-0.05, 0) is 74.1 Å². The molecule has 0 radical (unpaired) electrons. The average molecular weight is 428 g/mol. The normalized spacial score (nSPS) is 23.6. The highest BCUT2D eigenvalue weighted by Crippen LogP contribution is 2.44. The van der Waals surface area contributed by atoms with Gasteiger partial charge in [-0.25, -0.2) is 0 Å². The first-order chi connectivity index (χ1) is 14.3. The molecule has 5 nitrogen and oxygen atoms in total. The topological polar surface area (TPSA) is 36.0 Å². The van der Waals surface area contributed by atoms with Crippen LogP contribution in [0.15, 0.2) is 47.8 Å². The van der Waals surface area contributed by atoms with Crippen LogP contribution in [0.25, 0.3) is 5.31 Å². The minimum absolute atomic E-state index is 0.257. The Morgan fingerprint density at radius 3 is 2.60 bits per heavy atom. The van der Waals surface area contributed by atoms with Gasteiger partial charge in [-0.3, -0.25) is 4.79 Å². The predicted molar refractivity (Wildman–Crippen MR) is 127 cm³/mol. The van der Waals surface area contributed by atoms with E-state index in [9.17, 15) is 4.79 Å². The number of piperazine rings is 1. The molecule has 1 aromatic rings. The fourth-order valence-corrected chi connectivity index (χ4v) is 5.48. The van der Waals surface area contributed by atoms with Crippen LogP contribution in [-0.4, -0.2) is 73.7 Å². The Labute approximate surface area is 182 Å². The van der Waals surface area contributed by atoms with E-state index in [1.165, 1.54) is 11.3 Å². The molecule has 6 heteroatoms. The molecule has 0 bridgehead atoms. The molecule has 2 heterocycles. The van der Waals surface area contributed by atoms with Gasteiger partial charge in [0.1, 0.15) is 12.0 Å². The second-order valence-electron chi connectivity index (χ2n) is 8.33. The van der Waals surface area contributed by atoms with E-state index < -0.39 is 0 Å². The fourth-order valence-electron chi connectivity index (χ4n) is 4.11. The van der Waals surface area contributed by atoms with E-state index in [0.29, 0.717) is 14.6 Å². The lowest BCUT2D eigenvalue weighted by atomic mass is 10.1. The number of carbonyl (C=O) groups excluding carboxylic acids is 1. The van der Waals surface area contributed by atoms with E-state index in [1.54, 1.807) is 13.2 Å². The van der Waals surface area contributed by atoms with Gasteiger partial charge in [0, 0.05) is 38.9 Å². The number of benzene rings is 1. The Hall–Kier alpha value is -2.10. The highest BCUT2D eigenvalue weighted by Gasteiger charge is 2.26. The summed E-state index contributed by atoms with van der Waals surface area (Å²) in [6.07, 6.45) is 7.20. The number of carbonyl (C=O) groups is 1. The second-order valence-corrected chi connectivity index (χ2v) is 9.71. The molecule has 0 saturated carbocycles. The van der Waals surface area contributed by atoms with E-state index >= 15 is 0 Å². The lowest BCUT2D eigenvalue weighted by Crippen LogP contribution is -2.49. The van der Waals surface area contributed by atoms with Crippen LogP contribution in [0.2, 0.25) is 0 Å². The minimum Gasteiger partial charge on any atom is -0.496 e. The predicted octanol–water partition coefficient (Wildman–Crippen LogP) is 3.92. The number of nitrogens with zero attached hydrogens (tertiary/aromatic N) is 3. The smallest absolute Gasteiger partial charge is 0.143 e. The number of aldehydes is 1. The SMILES string of the molecule is COc1ccc(/C(=C/C=O)PC2C(C)=CC(N3CCN(C)[C@H](C)C3)=CN2C)cc1C. The lowest BCUT2D eigenvalue weighted by Gasteiger charge is -2.42. The molecule has 3 rings (SSSR count). The first-order valence-corrected chi connectivity index (χ1v) is 11.6. The molecule has 30 heavy (non-hydrogen) atoms. The third kappa shape index (κ3) is 4.96. The molecule has 1 fully saturated rings. The summed E-state index contributed by atoms with van der Waals surface area (Å²) in [4.78, 5) is 18.6. The van der Waals surface area contributed by atoms with Crippen LogP contribution in [0.3, 0.4) is 0 Å². The van der Waals surface area contributed by atoms with Crippen molar-refractivity contribution < 1.29 is 9.53 Å². The third-order valence-corrected chi connectivity index (χ3v) is 8.01. The molecule has 0 aromatic heterocycles. The van der Waals surface area contributed by atoms with Crippen molar-refractivity contribution in [3.63, 3.8) is 0 Å². The van der Waals surface area contributed by atoms with Crippen molar-refractivity contribution in [1.82, 2.24) is 14.7 Å². The Bertz CT molecular complexity index is 877. The molecule has 0 aliphatic carbocycles. The average Bonchev–Trinajstić information content (AvgIpc) is 2.71. The zero-order valence-corrected chi connectivity index (χ0v) is 20.0. The zero-order valence-electron chi connectivity index (χ0n) is 19.0. The van der Waals surface area contributed by atoms with Crippen LogP contribution in [-0.2, 0) is 4.79 Å². The van der Waals surface area contributed by atoms with Crippen LogP contribution in [0.5, 0.6) is 5.75 Å². The molecule has 2 aliphatic heterocycles. The monoisotopic (exact) mass is 427 g/mol. The van der Waals surface area contributed by atoms with Gasteiger partial charge < -0.3 is 19.4 Å². The number of likely N-dealkylation sites (N-methyl/N-ethyl adjacent to an activating group) is 2. The summed E-state index contributed by atoms with van der Waals surface area (Å²) in [5.41, 5.74) is 4.79. The van der Waals surface area contributed by atoms with Gasteiger partial charge in [0.05, 0.1) is 18.6 Å². The van der Waals surface area contributed by atoms with Gasteiger partial charge in [0.15, 0.2) is 0 Å². The van der Waals surface area contributed by atoms with E-state index in [2.05, 4.69) is 61.0 Å². The van der Waals surface area contributed by atoms with Gasteiger partial charge in [0.2, 0.25) is 0 Å². The number of hydrogen-bond donors (Lipinski definition) is 0. The molecule has 1 saturated heterocycles. The van der Waals surface area contributed by atoms with Gasteiger partial charge in [-0.1, -0.05) is 14.6 Å². The number of allylic oxidation sites excluding steroid dienone is 2. The summed E-state index contributed by atoms with van der Waals surface area (Å²) in [5, 5.41) is 1.07. The van der Waals surface area contributed by atoms with Crippen LogP contribution < -0.4 is 4.74 Å². The molecule has 1 aromatic carbocycles. The quantitative estimate of drug-likeness (QED) is 0.391. The third-order valence-electron chi connectivity index (χ3n) is 6.11. The maximum atomic E-state index is 11.4. The Kier molecular flexibility index (Phi) is 7.38. The highest BCUT2D eigenvalue weighted by molar-refractivity contribution is 7.51. The summed E-state index contributed by atoms with van der Waals surface area (Å²) in [6.45, 7) is 9.72. The first-order valence-electron chi connectivity index (χ1n) is 10.5. The summed E-state index contributed by atoms with van der Waals surface area (Å²) in [7, 11) is 6.50. The standard InChI is InChI=1S/C24H34N3O2P/c1-17-13-20(7-8-22(17)29-6)23(9-12-28)30-24-18(2)14-21(16-26(24)5)27-11-10-25(4)19(3)15-27/h7-9,12-14,16,19,24,30H,10-11,15H2,1-6H3/b23-9-/t19-,24?/m1/s1. The van der Waals surface area contributed by atoms with Crippen LogP contribution in [0.1, 0.15) is 25.0 Å². The summed E-state index contributed by atoms with van der Waals surface area (Å²) >= 11 is 0. The Morgan fingerprint density at radius 2 is 2.00 bits per heavy atom. The van der Waals surface area contributed by atoms with Crippen molar-refractivity contribution in [3.8, 4) is 5.75 Å². The van der Waals surface area contributed by atoms with Gasteiger partial charge in [-0.15, -0.1) is 0 Å². The number of rotatable bonds is 6. The van der Waals surface area contributed by atoms with Crippen LogP contribution >= 0.6 is 8.58 Å². The number of aryl methyl sites for hydroxylation is 1. The van der Waals surface area contributed by atoms with Crippen molar-refractivity contribution in [2.45, 2.75) is 32.6 Å². The highest BCUT2D eigenvalue weighted by atomic mass is 31.1. The van der Waals surface area contributed by atoms with E-state index in [1.807, 2.05) is 19.1 Å². The molecule has 3 atom stereocenters. The van der Waals surface area contributed by atoms with E-state index in [4.69, 9.17) is 4.74 Å². The van der Waals surface area contributed by atoms with Crippen molar-refractivity contribution >= 4 is 20.2 Å². The second kappa shape index (κ2) is 9.80. The van der Waals surface area contributed by atoms with Crippen LogP contribution in [0.4, 0.5) is 0 Å². The Balaban J connectivity index is 1.78. The van der Waals surface area contributed by atoms with Gasteiger partial charge in [0.25, 0.3) is 0 Å². The molecule has 0 amide bonds. The molecule has 2 unspecified atom stereocenters. The first kappa shape index (κ1) is 22.6. The van der Waals surface area contributed by atoms with Gasteiger partial charge in [-0.2, -0.15) is 0 Å². The summed E-state index contributed by atoms with van der Waals surface area (Å²) in [6, 6.07) is 6.69. The van der Waals surface area contributed by atoms with E-state index in [-0.39, 0.29) is 5.78 Å². The molecule has 2 aliphatic rings. The van der Waals surface area contributed by atoms with Crippen molar-refractivity contribution in [3.05, 3.63) is 58.9 Å². The lowest BCUT2D eigenvalue weighted by molar-refractivity contribution is -0.104. The zero-order chi connectivity index (χ0) is 21.8. The number of hydrogen-bond acceptors (Lipinski definition) is 5. The van der Waals surface area contributed by atoms with Gasteiger partial charge >= 0.3 is 0 Å². The maximum Gasteiger partial charge on any atom is 0.143 e. The largest absolute Gasteiger partial charge is 0.496 e. The van der Waals surface area contributed by atoms with Crippen molar-refractivity contribution in [2.75, 3.05) is 40.8 Å². The fraction of sp³-hybridized carbons (Fsp3) is 0.458.